The fourth-order valence-electron chi connectivity index (χ4n) is 2.03. The first-order valence-electron chi connectivity index (χ1n) is 5.44. The van der Waals surface area contributed by atoms with Crippen LogP contribution in [-0.4, -0.2) is 17.6 Å². The minimum atomic E-state index is -4.42. The molecule has 0 spiro atoms. The van der Waals surface area contributed by atoms with Gasteiger partial charge in [-0.2, -0.15) is 0 Å². The summed E-state index contributed by atoms with van der Waals surface area (Å²) >= 11 is 0. The summed E-state index contributed by atoms with van der Waals surface area (Å²) in [7, 11) is 0. The van der Waals surface area contributed by atoms with Gasteiger partial charge in [0.2, 0.25) is 0 Å². The third kappa shape index (κ3) is 2.38. The lowest BCUT2D eigenvalue weighted by molar-refractivity contribution is -0.210. The van der Waals surface area contributed by atoms with E-state index in [4.69, 9.17) is 0 Å². The van der Waals surface area contributed by atoms with Crippen LogP contribution in [0.2, 0.25) is 0 Å². The van der Waals surface area contributed by atoms with E-state index in [2.05, 4.69) is 9.88 Å². The lowest BCUT2D eigenvalue weighted by Gasteiger charge is -2.33. The highest BCUT2D eigenvalue weighted by Crippen LogP contribution is 2.49. The Bertz CT molecular complexity index is 541. The van der Waals surface area contributed by atoms with Crippen molar-refractivity contribution in [3.63, 3.8) is 0 Å². The molecular weight excluding hydrogens is 310 g/mol. The van der Waals surface area contributed by atoms with E-state index in [-0.39, 0.29) is 0 Å². The topological polar surface area (TPSA) is 52.6 Å². The molecule has 21 heavy (non-hydrogen) atoms. The van der Waals surface area contributed by atoms with Gasteiger partial charge in [-0.1, -0.05) is 13.8 Å². The van der Waals surface area contributed by atoms with Crippen molar-refractivity contribution in [2.24, 2.45) is 11.8 Å². The van der Waals surface area contributed by atoms with Crippen LogP contribution < -0.4 is 0 Å². The molecule has 0 fully saturated rings. The molecule has 0 saturated carbocycles. The van der Waals surface area contributed by atoms with Gasteiger partial charge in [0.25, 0.3) is 5.67 Å². The van der Waals surface area contributed by atoms with Crippen LogP contribution >= 0.6 is 0 Å². The normalized spacial score (nSPS) is 26.2. The van der Waals surface area contributed by atoms with Gasteiger partial charge in [0, 0.05) is 9.05 Å². The van der Waals surface area contributed by atoms with E-state index in [1.165, 1.54) is 0 Å². The van der Waals surface area contributed by atoms with Crippen LogP contribution in [0.15, 0.2) is 23.1 Å². The second-order valence-electron chi connectivity index (χ2n) is 4.46. The van der Waals surface area contributed by atoms with Gasteiger partial charge in [-0.25, -0.2) is 27.2 Å². The maximum Gasteiger partial charge on any atom is 0.394 e. The van der Waals surface area contributed by atoms with E-state index in [0.717, 1.165) is 13.8 Å². The number of halogens is 6. The first-order valence-corrected chi connectivity index (χ1v) is 5.44. The molecule has 0 amide bonds. The molecule has 0 heterocycles. The van der Waals surface area contributed by atoms with Gasteiger partial charge in [-0.3, -0.25) is 9.88 Å². The van der Waals surface area contributed by atoms with Gasteiger partial charge >= 0.3 is 11.9 Å². The SMILES string of the molecule is CC(C)C1=C(F)C(F)=C(F)C(F)(C(=O)OF)C1C(=O)OF. The standard InChI is InChI=1S/C11H8F6O4/c1-3(2)4-5(9(18)20-16)11(15,10(19)21-17)8(14)7(13)6(4)12/h3,5H,1-2H3. The summed E-state index contributed by atoms with van der Waals surface area (Å²) in [5.74, 6) is -16.2. The fraction of sp³-hybridized carbons (Fsp3) is 0.455. The van der Waals surface area contributed by atoms with Crippen LogP contribution in [0.5, 0.6) is 0 Å². The molecular formula is C11H8F6O4. The summed E-state index contributed by atoms with van der Waals surface area (Å²) in [5, 5.41) is 0. The summed E-state index contributed by atoms with van der Waals surface area (Å²) in [6, 6.07) is 0. The quantitative estimate of drug-likeness (QED) is 0.750. The summed E-state index contributed by atoms with van der Waals surface area (Å²) in [6.07, 6.45) is 0. The van der Waals surface area contributed by atoms with Crippen LogP contribution in [0.1, 0.15) is 13.8 Å². The first-order chi connectivity index (χ1) is 9.64. The molecule has 1 aliphatic carbocycles. The van der Waals surface area contributed by atoms with Gasteiger partial charge in [0.15, 0.2) is 17.5 Å². The van der Waals surface area contributed by atoms with Gasteiger partial charge in [-0.15, -0.1) is 0 Å². The van der Waals surface area contributed by atoms with E-state index >= 15 is 0 Å². The maximum absolute atomic E-state index is 14.4. The summed E-state index contributed by atoms with van der Waals surface area (Å²) in [5.41, 5.74) is -5.53. The summed E-state index contributed by atoms with van der Waals surface area (Å²) in [4.78, 5) is 27.4. The van der Waals surface area contributed by atoms with Gasteiger partial charge in [-0.05, 0) is 11.5 Å². The number of rotatable bonds is 3. The number of allylic oxidation sites excluding steroid dienone is 2. The molecule has 0 aliphatic heterocycles. The molecule has 118 valence electrons. The van der Waals surface area contributed by atoms with Crippen LogP contribution in [0.25, 0.3) is 0 Å². The molecule has 1 rings (SSSR count). The first kappa shape index (κ1) is 17.1. The molecule has 0 bridgehead atoms. The maximum atomic E-state index is 14.4. The molecule has 1 aliphatic rings. The summed E-state index contributed by atoms with van der Waals surface area (Å²) < 4.78 is 79.0. The molecule has 0 aromatic rings. The van der Waals surface area contributed by atoms with Gasteiger partial charge < -0.3 is 0 Å². The van der Waals surface area contributed by atoms with Crippen molar-refractivity contribution < 1.29 is 46.1 Å². The Balaban J connectivity index is 3.71. The highest BCUT2D eigenvalue weighted by atomic mass is 19.3. The highest BCUT2D eigenvalue weighted by Gasteiger charge is 2.63. The van der Waals surface area contributed by atoms with Gasteiger partial charge in [0.05, 0.1) is 0 Å². The second-order valence-corrected chi connectivity index (χ2v) is 4.46. The average Bonchev–Trinajstić information content (AvgIpc) is 2.46. The third-order valence-electron chi connectivity index (χ3n) is 2.97. The predicted molar refractivity (Wildman–Crippen MR) is 53.9 cm³/mol. The van der Waals surface area contributed by atoms with Crippen molar-refractivity contribution in [2.45, 2.75) is 19.5 Å². The van der Waals surface area contributed by atoms with Crippen molar-refractivity contribution >= 4 is 11.9 Å². The molecule has 0 saturated heterocycles. The third-order valence-corrected chi connectivity index (χ3v) is 2.97. The number of hydrogen-bond acceptors (Lipinski definition) is 4. The van der Waals surface area contributed by atoms with Crippen molar-refractivity contribution in [2.75, 3.05) is 0 Å². The van der Waals surface area contributed by atoms with Crippen molar-refractivity contribution in [1.29, 1.82) is 0 Å². The number of carbonyl (C=O) groups is 2. The van der Waals surface area contributed by atoms with Crippen LogP contribution in [0.4, 0.5) is 26.6 Å². The smallest absolute Gasteiger partial charge is 0.254 e. The minimum Gasteiger partial charge on any atom is -0.254 e. The molecule has 0 N–H and O–H groups in total. The zero-order chi connectivity index (χ0) is 16.5. The number of carbonyl (C=O) groups excluding carboxylic acids is 2. The zero-order valence-corrected chi connectivity index (χ0v) is 10.6. The summed E-state index contributed by atoms with van der Waals surface area (Å²) in [6.45, 7) is 2.23. The van der Waals surface area contributed by atoms with E-state index in [1.807, 2.05) is 0 Å². The second kappa shape index (κ2) is 5.78. The Kier molecular flexibility index (Phi) is 4.69. The van der Waals surface area contributed by atoms with Crippen molar-refractivity contribution in [1.82, 2.24) is 0 Å². The zero-order valence-electron chi connectivity index (χ0n) is 10.6. The van der Waals surface area contributed by atoms with Crippen LogP contribution in [-0.2, 0) is 19.5 Å². The largest absolute Gasteiger partial charge is 0.394 e. The highest BCUT2D eigenvalue weighted by molar-refractivity contribution is 5.93. The van der Waals surface area contributed by atoms with Crippen molar-refractivity contribution in [3.8, 4) is 0 Å². The molecule has 0 aromatic carbocycles. The lowest BCUT2D eigenvalue weighted by Crippen LogP contribution is -2.50. The molecule has 10 heteroatoms. The monoisotopic (exact) mass is 318 g/mol. The Morgan fingerprint density at radius 1 is 1.10 bits per heavy atom. The molecule has 2 unspecified atom stereocenters. The Hall–Kier alpha value is -2.00. The number of alkyl halides is 1. The van der Waals surface area contributed by atoms with E-state index < -0.39 is 52.5 Å². The van der Waals surface area contributed by atoms with Crippen LogP contribution in [0.3, 0.4) is 0 Å². The molecule has 2 atom stereocenters. The lowest BCUT2D eigenvalue weighted by atomic mass is 9.74. The van der Waals surface area contributed by atoms with Gasteiger partial charge in [0.1, 0.15) is 5.92 Å². The fourth-order valence-corrected chi connectivity index (χ4v) is 2.03. The Morgan fingerprint density at radius 3 is 2.00 bits per heavy atom. The van der Waals surface area contributed by atoms with E-state index in [1.54, 1.807) is 0 Å². The van der Waals surface area contributed by atoms with Crippen LogP contribution in [0, 0.1) is 11.8 Å². The molecule has 0 radical (unpaired) electrons. The Morgan fingerprint density at radius 2 is 1.62 bits per heavy atom. The minimum absolute atomic E-state index is 1.11. The van der Waals surface area contributed by atoms with E-state index in [0.29, 0.717) is 0 Å². The van der Waals surface area contributed by atoms with E-state index in [9.17, 15) is 36.2 Å². The Labute approximate surface area is 113 Å². The molecule has 0 aromatic heterocycles. The molecule has 4 nitrogen and oxygen atoms in total. The number of hydrogen-bond donors (Lipinski definition) is 0. The predicted octanol–water partition coefficient (Wildman–Crippen LogP) is 3.21. The van der Waals surface area contributed by atoms with Crippen molar-refractivity contribution in [3.05, 3.63) is 23.1 Å². The average molecular weight is 318 g/mol.